The Labute approximate surface area is 375 Å². The summed E-state index contributed by atoms with van der Waals surface area (Å²) in [6, 6.07) is 0. The predicted molar refractivity (Wildman–Crippen MR) is 256 cm³/mol. The largest absolute Gasteiger partial charge is 0.472 e. The van der Waals surface area contributed by atoms with E-state index in [1.807, 2.05) is 0 Å². The molecule has 0 saturated heterocycles. The Morgan fingerprint density at radius 2 is 0.934 bits per heavy atom. The molecular weight excluding hydrogens is 788 g/mol. The summed E-state index contributed by atoms with van der Waals surface area (Å²) in [5.74, 6) is -0.403. The van der Waals surface area contributed by atoms with Crippen LogP contribution in [0.2, 0.25) is 0 Å². The summed E-state index contributed by atoms with van der Waals surface area (Å²) in [7, 11) is -4.53. The van der Waals surface area contributed by atoms with E-state index < -0.39 is 39.2 Å². The van der Waals surface area contributed by atoms with Gasteiger partial charge in [0.15, 0.2) is 0 Å². The van der Waals surface area contributed by atoms with Crippen molar-refractivity contribution < 1.29 is 43.0 Å². The van der Waals surface area contributed by atoms with Gasteiger partial charge in [0.2, 0.25) is 0 Å². The molecule has 0 rings (SSSR count). The number of rotatable bonds is 48. The van der Waals surface area contributed by atoms with Crippen LogP contribution < -0.4 is 0 Å². The fraction of sp³-hybridized carbons (Fsp3) is 0.824. The van der Waals surface area contributed by atoms with Crippen LogP contribution in [0.4, 0.5) is 0 Å². The lowest BCUT2D eigenvalue weighted by molar-refractivity contribution is -0.154. The van der Waals surface area contributed by atoms with Gasteiger partial charge in [-0.3, -0.25) is 13.8 Å². The number of phosphoric acid groups is 1. The third-order valence-electron chi connectivity index (χ3n) is 10.8. The fourth-order valence-electron chi connectivity index (χ4n) is 7.00. The number of aliphatic hydroxyl groups excluding tert-OH is 2. The molecule has 0 saturated carbocycles. The lowest BCUT2D eigenvalue weighted by Gasteiger charge is -2.20. The molecule has 0 spiro atoms. The molecule has 10 heteroatoms. The number of hydrogen-bond acceptors (Lipinski definition) is 8. The van der Waals surface area contributed by atoms with Crippen LogP contribution in [-0.4, -0.2) is 66.3 Å². The van der Waals surface area contributed by atoms with E-state index in [0.717, 1.165) is 70.6 Å². The minimum atomic E-state index is -4.53. The molecule has 0 aliphatic rings. The third-order valence-corrected chi connectivity index (χ3v) is 11.7. The first-order valence-corrected chi connectivity index (χ1v) is 26.6. The van der Waals surface area contributed by atoms with Gasteiger partial charge >= 0.3 is 13.8 Å². The molecule has 0 heterocycles. The van der Waals surface area contributed by atoms with Gasteiger partial charge in [-0.25, -0.2) is 4.57 Å². The van der Waals surface area contributed by atoms with Crippen molar-refractivity contribution in [2.75, 3.05) is 33.0 Å². The number of phosphoric ester groups is 1. The van der Waals surface area contributed by atoms with Gasteiger partial charge in [0.25, 0.3) is 0 Å². The molecule has 0 amide bonds. The van der Waals surface area contributed by atoms with Crippen molar-refractivity contribution in [1.29, 1.82) is 0 Å². The first-order chi connectivity index (χ1) is 29.8. The van der Waals surface area contributed by atoms with E-state index in [1.165, 1.54) is 128 Å². The first kappa shape index (κ1) is 59.4. The molecule has 9 nitrogen and oxygen atoms in total. The second-order valence-corrected chi connectivity index (χ2v) is 18.3. The van der Waals surface area contributed by atoms with Crippen LogP contribution in [0.5, 0.6) is 0 Å². The zero-order valence-electron chi connectivity index (χ0n) is 39.4. The Morgan fingerprint density at radius 1 is 0.525 bits per heavy atom. The van der Waals surface area contributed by atoms with Crippen LogP contribution in [-0.2, 0) is 27.9 Å². The second kappa shape index (κ2) is 47.9. The maximum Gasteiger partial charge on any atom is 0.472 e. The maximum atomic E-state index is 12.7. The van der Waals surface area contributed by atoms with Gasteiger partial charge < -0.3 is 24.6 Å². The zero-order valence-corrected chi connectivity index (χ0v) is 40.3. The third kappa shape index (κ3) is 47.7. The van der Waals surface area contributed by atoms with Crippen LogP contribution in [0.15, 0.2) is 48.6 Å². The Hall–Kier alpha value is -1.58. The molecule has 0 aromatic carbocycles. The van der Waals surface area contributed by atoms with Crippen LogP contribution in [0.1, 0.15) is 226 Å². The van der Waals surface area contributed by atoms with E-state index in [2.05, 4.69) is 62.5 Å². The normalized spacial score (nSPS) is 14.2. The Kier molecular flexibility index (Phi) is 46.6. The second-order valence-electron chi connectivity index (χ2n) is 16.8. The van der Waals surface area contributed by atoms with Crippen molar-refractivity contribution in [2.45, 2.75) is 238 Å². The highest BCUT2D eigenvalue weighted by molar-refractivity contribution is 7.47. The standard InChI is InChI=1S/C51H95O9P/c1-3-5-7-9-11-13-15-17-19-21-22-23-24-25-26-28-30-32-34-36-38-40-42-44-57-47-50(48-59-61(55,56)58-46-49(53)45-52)60-51(54)43-41-39-37-35-33-31-29-27-20-18-16-14-12-10-8-6-4-2/h6,8,12,14,18,20,29,31,49-50,52-53H,3-5,7,9-11,13,15-17,19,21-28,30,32-48H2,1-2H3,(H,55,56)/b8-6-,14-12-,20-18-,31-29-. The summed E-state index contributed by atoms with van der Waals surface area (Å²) in [5, 5.41) is 18.4. The molecule has 0 bridgehead atoms. The molecule has 3 unspecified atom stereocenters. The minimum Gasteiger partial charge on any atom is -0.457 e. The maximum absolute atomic E-state index is 12.7. The smallest absolute Gasteiger partial charge is 0.457 e. The molecule has 0 fully saturated rings. The quantitative estimate of drug-likeness (QED) is 0.0236. The number of esters is 1. The van der Waals surface area contributed by atoms with Gasteiger partial charge in [-0.2, -0.15) is 0 Å². The number of allylic oxidation sites excluding steroid dienone is 8. The van der Waals surface area contributed by atoms with Crippen LogP contribution in [0, 0.1) is 0 Å². The summed E-state index contributed by atoms with van der Waals surface area (Å²) < 4.78 is 33.5. The van der Waals surface area contributed by atoms with Crippen molar-refractivity contribution in [3.05, 3.63) is 48.6 Å². The lowest BCUT2D eigenvalue weighted by atomic mass is 10.0. The Morgan fingerprint density at radius 3 is 1.41 bits per heavy atom. The monoisotopic (exact) mass is 883 g/mol. The fourth-order valence-corrected chi connectivity index (χ4v) is 7.79. The van der Waals surface area contributed by atoms with Gasteiger partial charge in [-0.15, -0.1) is 0 Å². The highest BCUT2D eigenvalue weighted by Gasteiger charge is 2.26. The summed E-state index contributed by atoms with van der Waals surface area (Å²) >= 11 is 0. The van der Waals surface area contributed by atoms with E-state index in [-0.39, 0.29) is 19.6 Å². The van der Waals surface area contributed by atoms with E-state index in [9.17, 15) is 19.4 Å². The highest BCUT2D eigenvalue weighted by atomic mass is 31.2. The first-order valence-electron chi connectivity index (χ1n) is 25.1. The molecule has 3 N–H and O–H groups in total. The number of carbonyl (C=O) groups is 1. The summed E-state index contributed by atoms with van der Waals surface area (Å²) in [6.45, 7) is 3.41. The van der Waals surface area contributed by atoms with Crippen molar-refractivity contribution >= 4 is 13.8 Å². The van der Waals surface area contributed by atoms with Gasteiger partial charge in [0.1, 0.15) is 12.2 Å². The number of ether oxygens (including phenoxy) is 2. The minimum absolute atomic E-state index is 0.0409. The Balaban J connectivity index is 4.07. The van der Waals surface area contributed by atoms with E-state index in [1.54, 1.807) is 0 Å². The molecule has 358 valence electrons. The lowest BCUT2D eigenvalue weighted by Crippen LogP contribution is -2.29. The van der Waals surface area contributed by atoms with E-state index in [4.69, 9.17) is 23.6 Å². The molecule has 61 heavy (non-hydrogen) atoms. The number of carbonyl (C=O) groups excluding carboxylic acids is 1. The van der Waals surface area contributed by atoms with Gasteiger partial charge in [-0.1, -0.05) is 217 Å². The molecule has 0 aromatic heterocycles. The average molecular weight is 883 g/mol. The van der Waals surface area contributed by atoms with Crippen LogP contribution in [0.3, 0.4) is 0 Å². The molecular formula is C51H95O9P. The molecule has 0 aromatic rings. The zero-order chi connectivity index (χ0) is 44.6. The highest BCUT2D eigenvalue weighted by Crippen LogP contribution is 2.43. The molecule has 0 aliphatic heterocycles. The van der Waals surface area contributed by atoms with Crippen LogP contribution >= 0.6 is 7.82 Å². The SMILES string of the molecule is CC/C=C\C/C=C\C/C=C\C/C=C\CCCCCCC(=O)OC(COCCCCCCCCCCCCCCCCCCCCCCCCC)COP(=O)(O)OCC(O)CO. The van der Waals surface area contributed by atoms with E-state index >= 15 is 0 Å². The molecule has 0 aliphatic carbocycles. The van der Waals surface area contributed by atoms with Gasteiger partial charge in [-0.05, 0) is 51.4 Å². The average Bonchev–Trinajstić information content (AvgIpc) is 3.25. The number of unbranched alkanes of at least 4 members (excludes halogenated alkanes) is 26. The van der Waals surface area contributed by atoms with Crippen molar-refractivity contribution in [3.63, 3.8) is 0 Å². The summed E-state index contributed by atoms with van der Waals surface area (Å²) in [5.41, 5.74) is 0. The molecule has 3 atom stereocenters. The van der Waals surface area contributed by atoms with Crippen molar-refractivity contribution in [2.24, 2.45) is 0 Å². The van der Waals surface area contributed by atoms with Crippen LogP contribution in [0.25, 0.3) is 0 Å². The Bertz CT molecular complexity index is 1090. The molecule has 0 radical (unpaired) electrons. The van der Waals surface area contributed by atoms with Crippen molar-refractivity contribution in [1.82, 2.24) is 0 Å². The summed E-state index contributed by atoms with van der Waals surface area (Å²) in [6.07, 6.45) is 55.1. The number of aliphatic hydroxyl groups is 2. The number of hydrogen-bond donors (Lipinski definition) is 3. The topological polar surface area (TPSA) is 132 Å². The van der Waals surface area contributed by atoms with Gasteiger partial charge in [0.05, 0.1) is 26.4 Å². The summed E-state index contributed by atoms with van der Waals surface area (Å²) in [4.78, 5) is 22.7. The van der Waals surface area contributed by atoms with Gasteiger partial charge in [0, 0.05) is 13.0 Å². The van der Waals surface area contributed by atoms with E-state index in [0.29, 0.717) is 13.0 Å². The van der Waals surface area contributed by atoms with Crippen molar-refractivity contribution in [3.8, 4) is 0 Å². The predicted octanol–water partition coefficient (Wildman–Crippen LogP) is 14.5.